The molecule has 1 aromatic heterocycles. The smallest absolute Gasteiger partial charge is 0.339 e. The normalized spacial score (nSPS) is 13.8. The molecule has 0 unspecified atom stereocenters. The van der Waals surface area contributed by atoms with E-state index in [1.54, 1.807) is 24.3 Å². The Morgan fingerprint density at radius 2 is 1.83 bits per heavy atom. The van der Waals surface area contributed by atoms with Gasteiger partial charge in [0.2, 0.25) is 0 Å². The zero-order valence-corrected chi connectivity index (χ0v) is 16.6. The highest BCUT2D eigenvalue weighted by Crippen LogP contribution is 2.29. The number of ketones is 1. The van der Waals surface area contributed by atoms with Gasteiger partial charge in [-0.25, -0.2) is 4.79 Å². The molecular formula is C24H24N2O3. The molecule has 5 nitrogen and oxygen atoms in total. The average molecular weight is 388 g/mol. The van der Waals surface area contributed by atoms with Crippen LogP contribution >= 0.6 is 0 Å². The number of aromatic nitrogens is 1. The third-order valence-electron chi connectivity index (χ3n) is 5.30. The van der Waals surface area contributed by atoms with Gasteiger partial charge < -0.3 is 4.74 Å². The lowest BCUT2D eigenvalue weighted by atomic mass is 9.95. The van der Waals surface area contributed by atoms with Crippen molar-refractivity contribution >= 4 is 22.7 Å². The number of rotatable bonds is 6. The summed E-state index contributed by atoms with van der Waals surface area (Å²) < 4.78 is 5.48. The molecule has 0 aliphatic carbocycles. The number of carbonyl (C=O) groups excluding carboxylic acids is 2. The second-order valence-corrected chi connectivity index (χ2v) is 7.32. The lowest BCUT2D eigenvalue weighted by Gasteiger charge is -2.29. The number of pyridine rings is 1. The number of esters is 1. The lowest BCUT2D eigenvalue weighted by molar-refractivity contribution is 0.0474. The van der Waals surface area contributed by atoms with Crippen molar-refractivity contribution in [2.45, 2.75) is 26.3 Å². The summed E-state index contributed by atoms with van der Waals surface area (Å²) in [5.74, 6) is -0.665. The number of ether oxygens (including phenoxy) is 1. The molecule has 5 heteroatoms. The first-order chi connectivity index (χ1) is 14.2. The van der Waals surface area contributed by atoms with E-state index < -0.39 is 5.97 Å². The maximum atomic E-state index is 13.1. The van der Waals surface area contributed by atoms with E-state index >= 15 is 0 Å². The predicted octanol–water partition coefficient (Wildman–Crippen LogP) is 4.04. The standard InChI is InChI=1S/C24H24N2O3/c1-2-13-26-14-12-21-19(15-26)23(18-10-6-7-11-20(18)25-21)24(28)29-16-22(27)17-8-4-3-5-9-17/h3-11H,2,12-16H2,1H3. The van der Waals surface area contributed by atoms with Gasteiger partial charge in [-0.2, -0.15) is 0 Å². The number of benzene rings is 2. The van der Waals surface area contributed by atoms with Crippen molar-refractivity contribution in [1.29, 1.82) is 0 Å². The molecular weight excluding hydrogens is 364 g/mol. The van der Waals surface area contributed by atoms with Crippen LogP contribution in [0, 0.1) is 0 Å². The average Bonchev–Trinajstić information content (AvgIpc) is 2.76. The molecule has 1 aliphatic rings. The molecule has 29 heavy (non-hydrogen) atoms. The molecule has 0 saturated heterocycles. The maximum absolute atomic E-state index is 13.1. The largest absolute Gasteiger partial charge is 0.454 e. The molecule has 148 valence electrons. The van der Waals surface area contributed by atoms with E-state index in [0.29, 0.717) is 17.7 Å². The van der Waals surface area contributed by atoms with Gasteiger partial charge in [0, 0.05) is 41.7 Å². The van der Waals surface area contributed by atoms with Crippen LogP contribution in [0.15, 0.2) is 54.6 Å². The number of hydrogen-bond acceptors (Lipinski definition) is 5. The van der Waals surface area contributed by atoms with E-state index in [1.807, 2.05) is 30.3 Å². The first kappa shape index (κ1) is 19.3. The second-order valence-electron chi connectivity index (χ2n) is 7.32. The Hall–Kier alpha value is -3.05. The Morgan fingerprint density at radius 3 is 2.62 bits per heavy atom. The Balaban J connectivity index is 1.65. The number of Topliss-reactive ketones (excluding diaryl/α,β-unsaturated/α-hetero) is 1. The van der Waals surface area contributed by atoms with Crippen molar-refractivity contribution < 1.29 is 14.3 Å². The fourth-order valence-electron chi connectivity index (χ4n) is 3.90. The summed E-state index contributed by atoms with van der Waals surface area (Å²) >= 11 is 0. The minimum atomic E-state index is -0.456. The van der Waals surface area contributed by atoms with Gasteiger partial charge in [-0.1, -0.05) is 55.5 Å². The Bertz CT molecular complexity index is 1050. The highest BCUT2D eigenvalue weighted by molar-refractivity contribution is 6.06. The van der Waals surface area contributed by atoms with Crippen LogP contribution < -0.4 is 0 Å². The van der Waals surface area contributed by atoms with Crippen molar-refractivity contribution in [3.05, 3.63) is 77.0 Å². The molecule has 0 fully saturated rings. The van der Waals surface area contributed by atoms with Crippen LogP contribution in [-0.4, -0.2) is 41.3 Å². The summed E-state index contributed by atoms with van der Waals surface area (Å²) in [6.45, 7) is 4.48. The zero-order valence-electron chi connectivity index (χ0n) is 16.6. The quantitative estimate of drug-likeness (QED) is 0.471. The Kier molecular flexibility index (Phi) is 5.67. The number of nitrogens with zero attached hydrogens (tertiary/aromatic N) is 2. The molecule has 0 N–H and O–H groups in total. The predicted molar refractivity (Wildman–Crippen MR) is 112 cm³/mol. The first-order valence-corrected chi connectivity index (χ1v) is 10.1. The van der Waals surface area contributed by atoms with Gasteiger partial charge in [-0.05, 0) is 19.0 Å². The van der Waals surface area contributed by atoms with Gasteiger partial charge in [0.1, 0.15) is 0 Å². The topological polar surface area (TPSA) is 59.5 Å². The number of carbonyl (C=O) groups is 2. The van der Waals surface area contributed by atoms with Gasteiger partial charge in [0.15, 0.2) is 12.4 Å². The summed E-state index contributed by atoms with van der Waals surface area (Å²) in [5, 5.41) is 0.779. The van der Waals surface area contributed by atoms with E-state index in [9.17, 15) is 9.59 Å². The summed E-state index contributed by atoms with van der Waals surface area (Å²) in [7, 11) is 0. The van der Waals surface area contributed by atoms with Crippen molar-refractivity contribution in [3.63, 3.8) is 0 Å². The summed E-state index contributed by atoms with van der Waals surface area (Å²) in [5.41, 5.74) is 3.76. The van der Waals surface area contributed by atoms with Crippen LogP contribution in [0.1, 0.15) is 45.3 Å². The third-order valence-corrected chi connectivity index (χ3v) is 5.30. The zero-order chi connectivity index (χ0) is 20.2. The maximum Gasteiger partial charge on any atom is 0.339 e. The van der Waals surface area contributed by atoms with Gasteiger partial charge in [-0.15, -0.1) is 0 Å². The van der Waals surface area contributed by atoms with E-state index in [2.05, 4.69) is 11.8 Å². The monoisotopic (exact) mass is 388 g/mol. The van der Waals surface area contributed by atoms with Crippen LogP contribution in [0.4, 0.5) is 0 Å². The molecule has 2 aromatic carbocycles. The van der Waals surface area contributed by atoms with Crippen LogP contribution in [0.2, 0.25) is 0 Å². The molecule has 0 atom stereocenters. The van der Waals surface area contributed by atoms with Gasteiger partial charge in [-0.3, -0.25) is 14.7 Å². The molecule has 2 heterocycles. The first-order valence-electron chi connectivity index (χ1n) is 10.1. The highest BCUT2D eigenvalue weighted by atomic mass is 16.5. The van der Waals surface area contributed by atoms with E-state index in [-0.39, 0.29) is 12.4 Å². The third kappa shape index (κ3) is 4.05. The minimum Gasteiger partial charge on any atom is -0.454 e. The van der Waals surface area contributed by atoms with Crippen LogP contribution in [0.3, 0.4) is 0 Å². The van der Waals surface area contributed by atoms with Crippen molar-refractivity contribution in [3.8, 4) is 0 Å². The Morgan fingerprint density at radius 1 is 1.07 bits per heavy atom. The van der Waals surface area contributed by atoms with Crippen molar-refractivity contribution in [2.75, 3.05) is 19.7 Å². The number of fused-ring (bicyclic) bond motifs is 2. The molecule has 3 aromatic rings. The SMILES string of the molecule is CCCN1CCc2nc3ccccc3c(C(=O)OCC(=O)c3ccccc3)c2C1. The van der Waals surface area contributed by atoms with E-state index in [0.717, 1.165) is 48.1 Å². The van der Waals surface area contributed by atoms with Crippen molar-refractivity contribution in [1.82, 2.24) is 9.88 Å². The van der Waals surface area contributed by atoms with Crippen LogP contribution in [0.25, 0.3) is 10.9 Å². The summed E-state index contributed by atoms with van der Waals surface area (Å²) in [6, 6.07) is 16.5. The van der Waals surface area contributed by atoms with Crippen LogP contribution in [-0.2, 0) is 17.7 Å². The fraction of sp³-hybridized carbons (Fsp3) is 0.292. The molecule has 0 amide bonds. The van der Waals surface area contributed by atoms with Crippen molar-refractivity contribution in [2.24, 2.45) is 0 Å². The number of hydrogen-bond donors (Lipinski definition) is 0. The second kappa shape index (κ2) is 8.53. The summed E-state index contributed by atoms with van der Waals surface area (Å²) in [4.78, 5) is 32.6. The fourth-order valence-corrected chi connectivity index (χ4v) is 3.90. The van der Waals surface area contributed by atoms with E-state index in [4.69, 9.17) is 9.72 Å². The molecule has 0 radical (unpaired) electrons. The van der Waals surface area contributed by atoms with Crippen LogP contribution in [0.5, 0.6) is 0 Å². The number of para-hydroxylation sites is 1. The van der Waals surface area contributed by atoms with Gasteiger partial charge >= 0.3 is 5.97 Å². The Labute approximate surface area is 170 Å². The molecule has 0 spiro atoms. The summed E-state index contributed by atoms with van der Waals surface area (Å²) in [6.07, 6.45) is 1.87. The molecule has 0 saturated carbocycles. The van der Waals surface area contributed by atoms with E-state index in [1.165, 1.54) is 0 Å². The molecule has 0 bridgehead atoms. The minimum absolute atomic E-state index is 0.209. The highest BCUT2D eigenvalue weighted by Gasteiger charge is 2.26. The molecule has 1 aliphatic heterocycles. The van der Waals surface area contributed by atoms with Gasteiger partial charge in [0.25, 0.3) is 0 Å². The van der Waals surface area contributed by atoms with Gasteiger partial charge in [0.05, 0.1) is 11.1 Å². The molecule has 4 rings (SSSR count). The lowest BCUT2D eigenvalue weighted by Crippen LogP contribution is -2.33.